The zero-order valence-electron chi connectivity index (χ0n) is 10.4. The van der Waals surface area contributed by atoms with E-state index in [0.29, 0.717) is 6.04 Å². The van der Waals surface area contributed by atoms with Crippen molar-refractivity contribution in [1.29, 1.82) is 0 Å². The lowest BCUT2D eigenvalue weighted by atomic mass is 10.1. The Balaban J connectivity index is 1.82. The van der Waals surface area contributed by atoms with Gasteiger partial charge in [0.05, 0.1) is 5.02 Å². The van der Waals surface area contributed by atoms with Gasteiger partial charge >= 0.3 is 0 Å². The maximum atomic E-state index is 13.2. The Hall–Kier alpha value is -1.45. The molecule has 0 atom stereocenters. The third-order valence-corrected chi connectivity index (χ3v) is 3.51. The molecule has 0 saturated heterocycles. The van der Waals surface area contributed by atoms with Gasteiger partial charge in [-0.2, -0.15) is 0 Å². The van der Waals surface area contributed by atoms with Crippen LogP contribution in [0.25, 0.3) is 11.1 Å². The summed E-state index contributed by atoms with van der Waals surface area (Å²) in [5, 5.41) is 3.58. The van der Waals surface area contributed by atoms with Crippen molar-refractivity contribution in [2.45, 2.75) is 25.4 Å². The third kappa shape index (κ3) is 3.11. The molecule has 1 heterocycles. The number of rotatable bonds is 4. The molecular formula is C15H14ClFN2. The molecule has 0 radical (unpaired) electrons. The van der Waals surface area contributed by atoms with E-state index in [1.807, 2.05) is 6.20 Å². The van der Waals surface area contributed by atoms with Gasteiger partial charge < -0.3 is 5.32 Å². The van der Waals surface area contributed by atoms with Crippen LogP contribution in [0.5, 0.6) is 0 Å². The molecular weight excluding hydrogens is 263 g/mol. The van der Waals surface area contributed by atoms with Crippen LogP contribution in [-0.2, 0) is 6.54 Å². The second-order valence-electron chi connectivity index (χ2n) is 4.87. The van der Waals surface area contributed by atoms with E-state index in [2.05, 4.69) is 16.4 Å². The van der Waals surface area contributed by atoms with Crippen molar-refractivity contribution in [3.05, 3.63) is 53.1 Å². The number of hydrogen-bond donors (Lipinski definition) is 1. The van der Waals surface area contributed by atoms with Crippen LogP contribution >= 0.6 is 11.6 Å². The summed E-state index contributed by atoms with van der Waals surface area (Å²) in [6.07, 6.45) is 6.15. The first-order valence-electron chi connectivity index (χ1n) is 6.35. The Morgan fingerprint density at radius 2 is 2.05 bits per heavy atom. The molecule has 1 aliphatic carbocycles. The van der Waals surface area contributed by atoms with E-state index in [1.165, 1.54) is 18.9 Å². The smallest absolute Gasteiger partial charge is 0.141 e. The minimum Gasteiger partial charge on any atom is -0.310 e. The molecule has 4 heteroatoms. The van der Waals surface area contributed by atoms with Gasteiger partial charge in [0.2, 0.25) is 0 Å². The highest BCUT2D eigenvalue weighted by molar-refractivity contribution is 6.31. The summed E-state index contributed by atoms with van der Waals surface area (Å²) in [4.78, 5) is 4.23. The number of nitrogens with zero attached hydrogens (tertiary/aromatic N) is 1. The SMILES string of the molecule is Fc1ccc(-c2cncc(CNC3CC3)c2)cc1Cl. The first-order valence-corrected chi connectivity index (χ1v) is 6.73. The summed E-state index contributed by atoms with van der Waals surface area (Å²) >= 11 is 5.81. The summed E-state index contributed by atoms with van der Waals surface area (Å²) in [6, 6.07) is 7.46. The van der Waals surface area contributed by atoms with Crippen LogP contribution in [0.1, 0.15) is 18.4 Å². The normalized spacial score (nSPS) is 14.6. The molecule has 2 aromatic rings. The van der Waals surface area contributed by atoms with E-state index in [0.717, 1.165) is 23.2 Å². The van der Waals surface area contributed by atoms with E-state index in [1.54, 1.807) is 18.3 Å². The lowest BCUT2D eigenvalue weighted by Crippen LogP contribution is -2.15. The fourth-order valence-electron chi connectivity index (χ4n) is 1.97. The summed E-state index contributed by atoms with van der Waals surface area (Å²) in [6.45, 7) is 0.820. The molecule has 1 fully saturated rings. The Morgan fingerprint density at radius 3 is 2.79 bits per heavy atom. The lowest BCUT2D eigenvalue weighted by Gasteiger charge is -2.06. The van der Waals surface area contributed by atoms with Crippen LogP contribution in [0.3, 0.4) is 0 Å². The maximum Gasteiger partial charge on any atom is 0.141 e. The fourth-order valence-corrected chi connectivity index (χ4v) is 2.15. The number of benzene rings is 1. The van der Waals surface area contributed by atoms with Crippen molar-refractivity contribution in [3.63, 3.8) is 0 Å². The van der Waals surface area contributed by atoms with Gasteiger partial charge in [0.1, 0.15) is 5.82 Å². The zero-order chi connectivity index (χ0) is 13.2. The van der Waals surface area contributed by atoms with Crippen LogP contribution in [0.4, 0.5) is 4.39 Å². The van der Waals surface area contributed by atoms with Crippen molar-refractivity contribution in [1.82, 2.24) is 10.3 Å². The average molecular weight is 277 g/mol. The van der Waals surface area contributed by atoms with Gasteiger partial charge in [-0.3, -0.25) is 4.98 Å². The Bertz CT molecular complexity index is 596. The Kier molecular flexibility index (Phi) is 3.49. The molecule has 0 amide bonds. The maximum absolute atomic E-state index is 13.2. The Labute approximate surface area is 116 Å². The average Bonchev–Trinajstić information content (AvgIpc) is 3.24. The van der Waals surface area contributed by atoms with Gasteiger partial charge in [0, 0.05) is 30.5 Å². The third-order valence-electron chi connectivity index (χ3n) is 3.22. The van der Waals surface area contributed by atoms with Gasteiger partial charge in [-0.05, 0) is 42.2 Å². The largest absolute Gasteiger partial charge is 0.310 e. The first kappa shape index (κ1) is 12.6. The molecule has 19 heavy (non-hydrogen) atoms. The lowest BCUT2D eigenvalue weighted by molar-refractivity contribution is 0.628. The number of hydrogen-bond acceptors (Lipinski definition) is 2. The highest BCUT2D eigenvalue weighted by Crippen LogP contribution is 2.25. The predicted octanol–water partition coefficient (Wildman–Crippen LogP) is 3.79. The van der Waals surface area contributed by atoms with Crippen molar-refractivity contribution >= 4 is 11.6 Å². The molecule has 0 unspecified atom stereocenters. The molecule has 3 rings (SSSR count). The van der Waals surface area contributed by atoms with Crippen LogP contribution < -0.4 is 5.32 Å². The number of nitrogens with one attached hydrogen (secondary N) is 1. The molecule has 1 aromatic heterocycles. The highest BCUT2D eigenvalue weighted by Gasteiger charge is 2.19. The van der Waals surface area contributed by atoms with Crippen LogP contribution in [-0.4, -0.2) is 11.0 Å². The van der Waals surface area contributed by atoms with E-state index in [4.69, 9.17) is 11.6 Å². The molecule has 1 aliphatic rings. The van der Waals surface area contributed by atoms with E-state index >= 15 is 0 Å². The van der Waals surface area contributed by atoms with E-state index in [-0.39, 0.29) is 5.02 Å². The van der Waals surface area contributed by atoms with Crippen molar-refractivity contribution in [2.24, 2.45) is 0 Å². The summed E-state index contributed by atoms with van der Waals surface area (Å²) in [5.41, 5.74) is 2.97. The minimum atomic E-state index is -0.398. The summed E-state index contributed by atoms with van der Waals surface area (Å²) in [5.74, 6) is -0.398. The van der Waals surface area contributed by atoms with Crippen molar-refractivity contribution < 1.29 is 4.39 Å². The monoisotopic (exact) mass is 276 g/mol. The van der Waals surface area contributed by atoms with Gasteiger partial charge in [-0.1, -0.05) is 17.7 Å². The number of halogens is 2. The van der Waals surface area contributed by atoms with Gasteiger partial charge in [0.15, 0.2) is 0 Å². The second-order valence-corrected chi connectivity index (χ2v) is 5.27. The van der Waals surface area contributed by atoms with E-state index < -0.39 is 5.82 Å². The molecule has 0 spiro atoms. The number of aromatic nitrogens is 1. The van der Waals surface area contributed by atoms with Crippen LogP contribution in [0, 0.1) is 5.82 Å². The fraction of sp³-hybridized carbons (Fsp3) is 0.267. The number of pyridine rings is 1. The van der Waals surface area contributed by atoms with Crippen molar-refractivity contribution in [2.75, 3.05) is 0 Å². The molecule has 0 bridgehead atoms. The molecule has 0 aliphatic heterocycles. The highest BCUT2D eigenvalue weighted by atomic mass is 35.5. The Morgan fingerprint density at radius 1 is 1.21 bits per heavy atom. The molecule has 1 saturated carbocycles. The van der Waals surface area contributed by atoms with Crippen LogP contribution in [0.2, 0.25) is 5.02 Å². The van der Waals surface area contributed by atoms with Gasteiger partial charge in [0.25, 0.3) is 0 Å². The van der Waals surface area contributed by atoms with E-state index in [9.17, 15) is 4.39 Å². The predicted molar refractivity (Wildman–Crippen MR) is 74.5 cm³/mol. The van der Waals surface area contributed by atoms with Gasteiger partial charge in [-0.15, -0.1) is 0 Å². The van der Waals surface area contributed by atoms with Crippen LogP contribution in [0.15, 0.2) is 36.7 Å². The second kappa shape index (κ2) is 5.27. The molecule has 98 valence electrons. The topological polar surface area (TPSA) is 24.9 Å². The minimum absolute atomic E-state index is 0.138. The summed E-state index contributed by atoms with van der Waals surface area (Å²) < 4.78 is 13.2. The van der Waals surface area contributed by atoms with Gasteiger partial charge in [-0.25, -0.2) is 4.39 Å². The standard InChI is InChI=1S/C15H14ClFN2/c16-14-6-11(1-4-15(14)17)12-5-10(7-18-9-12)8-19-13-2-3-13/h1,4-7,9,13,19H,2-3,8H2. The summed E-state index contributed by atoms with van der Waals surface area (Å²) in [7, 11) is 0. The molecule has 2 nitrogen and oxygen atoms in total. The van der Waals surface area contributed by atoms with Crippen molar-refractivity contribution in [3.8, 4) is 11.1 Å². The molecule has 1 N–H and O–H groups in total. The first-order chi connectivity index (χ1) is 9.22. The zero-order valence-corrected chi connectivity index (χ0v) is 11.1. The molecule has 1 aromatic carbocycles. The quantitative estimate of drug-likeness (QED) is 0.919.